The Balaban J connectivity index is 2.68. The van der Waals surface area contributed by atoms with Crippen molar-refractivity contribution in [3.05, 3.63) is 47.0 Å². The zero-order valence-corrected chi connectivity index (χ0v) is 16.7. The average molecular weight is 359 g/mol. The molecule has 0 aliphatic rings. The summed E-state index contributed by atoms with van der Waals surface area (Å²) in [5.74, 6) is -0.756. The van der Waals surface area contributed by atoms with Crippen molar-refractivity contribution in [1.82, 2.24) is 4.57 Å². The number of nitrogens with two attached hydrogens (primary N) is 1. The van der Waals surface area contributed by atoms with Gasteiger partial charge in [0.2, 0.25) is 0 Å². The number of unbranched alkanes of at least 4 members (excludes halogenated alkanes) is 1. The molecule has 2 rings (SSSR count). The van der Waals surface area contributed by atoms with Gasteiger partial charge in [0, 0.05) is 23.5 Å². The van der Waals surface area contributed by atoms with Gasteiger partial charge in [-0.2, -0.15) is 0 Å². The lowest BCUT2D eigenvalue weighted by Gasteiger charge is -2.21. The fourth-order valence-electron chi connectivity index (χ4n) is 3.41. The molecule has 1 heterocycles. The summed E-state index contributed by atoms with van der Waals surface area (Å²) < 4.78 is 16.1. The zero-order valence-electron chi connectivity index (χ0n) is 16.7. The highest BCUT2D eigenvalue weighted by atomic mass is 19.1. The number of amides is 1. The van der Waals surface area contributed by atoms with Gasteiger partial charge in [0.25, 0.3) is 5.91 Å². The van der Waals surface area contributed by atoms with Crippen LogP contribution in [-0.2, 0) is 13.0 Å². The lowest BCUT2D eigenvalue weighted by atomic mass is 9.92. The minimum Gasteiger partial charge on any atom is -0.366 e. The van der Waals surface area contributed by atoms with Crippen LogP contribution in [0.4, 0.5) is 4.39 Å². The lowest BCUT2D eigenvalue weighted by molar-refractivity contribution is 0.1000. The molecule has 1 amide bonds. The Labute approximate surface area is 156 Å². The molecule has 26 heavy (non-hydrogen) atoms. The Hall–Kier alpha value is -2.10. The predicted octanol–water partition coefficient (Wildman–Crippen LogP) is 5.48. The number of aromatic nitrogens is 1. The van der Waals surface area contributed by atoms with Gasteiger partial charge in [-0.05, 0) is 49.3 Å². The van der Waals surface area contributed by atoms with Crippen LogP contribution in [0.1, 0.15) is 68.7 Å². The van der Waals surface area contributed by atoms with Crippen LogP contribution in [0, 0.1) is 18.2 Å². The average Bonchev–Trinajstić information content (AvgIpc) is 2.82. The first-order valence-corrected chi connectivity index (χ1v) is 9.43. The molecular formula is C22H31FN2O. The summed E-state index contributed by atoms with van der Waals surface area (Å²) in [6.45, 7) is 11.5. The summed E-state index contributed by atoms with van der Waals surface area (Å²) in [6, 6.07) is 6.45. The summed E-state index contributed by atoms with van der Waals surface area (Å²) >= 11 is 0. The summed E-state index contributed by atoms with van der Waals surface area (Å²) in [5.41, 5.74) is 9.95. The van der Waals surface area contributed by atoms with Crippen molar-refractivity contribution in [2.24, 2.45) is 11.1 Å². The van der Waals surface area contributed by atoms with Crippen molar-refractivity contribution < 1.29 is 9.18 Å². The van der Waals surface area contributed by atoms with E-state index < -0.39 is 5.91 Å². The Morgan fingerprint density at radius 2 is 1.96 bits per heavy atom. The molecule has 0 saturated carbocycles. The van der Waals surface area contributed by atoms with Crippen molar-refractivity contribution in [2.45, 2.75) is 66.8 Å². The Bertz CT molecular complexity index is 784. The molecule has 1 aromatic carbocycles. The molecule has 142 valence electrons. The SMILES string of the molecule is CCCCc1c(-c2cccc(F)c2)c(C(N)=O)c(C)n1CCC(C)(C)C. The summed E-state index contributed by atoms with van der Waals surface area (Å²) in [5, 5.41) is 0. The number of primary amides is 1. The fraction of sp³-hybridized carbons (Fsp3) is 0.500. The largest absolute Gasteiger partial charge is 0.366 e. The van der Waals surface area contributed by atoms with Crippen LogP contribution in [0.15, 0.2) is 24.3 Å². The van der Waals surface area contributed by atoms with Crippen LogP contribution in [0.5, 0.6) is 0 Å². The number of carbonyl (C=O) groups excluding carboxylic acids is 1. The molecule has 4 heteroatoms. The van der Waals surface area contributed by atoms with E-state index in [0.717, 1.165) is 54.7 Å². The number of halogens is 1. The lowest BCUT2D eigenvalue weighted by Crippen LogP contribution is -2.15. The monoisotopic (exact) mass is 358 g/mol. The summed E-state index contributed by atoms with van der Waals surface area (Å²) in [4.78, 5) is 12.3. The van der Waals surface area contributed by atoms with Crippen molar-refractivity contribution >= 4 is 5.91 Å². The molecule has 0 atom stereocenters. The minimum atomic E-state index is -0.450. The van der Waals surface area contributed by atoms with Gasteiger partial charge in [-0.25, -0.2) is 4.39 Å². The van der Waals surface area contributed by atoms with Gasteiger partial charge in [0.05, 0.1) is 5.56 Å². The Morgan fingerprint density at radius 3 is 2.50 bits per heavy atom. The molecule has 0 fully saturated rings. The van der Waals surface area contributed by atoms with Crippen molar-refractivity contribution in [3.63, 3.8) is 0 Å². The molecule has 0 aliphatic carbocycles. The third-order valence-electron chi connectivity index (χ3n) is 4.84. The van der Waals surface area contributed by atoms with E-state index in [1.165, 1.54) is 12.1 Å². The van der Waals surface area contributed by atoms with Gasteiger partial charge in [0.1, 0.15) is 5.82 Å². The fourth-order valence-corrected chi connectivity index (χ4v) is 3.41. The van der Waals surface area contributed by atoms with Crippen LogP contribution >= 0.6 is 0 Å². The van der Waals surface area contributed by atoms with E-state index in [1.54, 1.807) is 6.07 Å². The smallest absolute Gasteiger partial charge is 0.251 e. The first kappa shape index (κ1) is 20.2. The molecule has 3 nitrogen and oxygen atoms in total. The number of hydrogen-bond donors (Lipinski definition) is 1. The minimum absolute atomic E-state index is 0.185. The maximum absolute atomic E-state index is 13.9. The van der Waals surface area contributed by atoms with Crippen molar-refractivity contribution in [3.8, 4) is 11.1 Å². The van der Waals surface area contributed by atoms with Gasteiger partial charge in [-0.1, -0.05) is 46.2 Å². The zero-order chi connectivity index (χ0) is 19.5. The second-order valence-corrected chi connectivity index (χ2v) is 8.22. The third-order valence-corrected chi connectivity index (χ3v) is 4.84. The van der Waals surface area contributed by atoms with Crippen molar-refractivity contribution in [1.29, 1.82) is 0 Å². The van der Waals surface area contributed by atoms with E-state index in [-0.39, 0.29) is 11.2 Å². The molecule has 2 aromatic rings. The van der Waals surface area contributed by atoms with Gasteiger partial charge in [-0.15, -0.1) is 0 Å². The molecule has 0 bridgehead atoms. The van der Waals surface area contributed by atoms with Crippen LogP contribution in [0.25, 0.3) is 11.1 Å². The predicted molar refractivity (Wildman–Crippen MR) is 106 cm³/mol. The van der Waals surface area contributed by atoms with E-state index in [9.17, 15) is 9.18 Å². The maximum Gasteiger partial charge on any atom is 0.251 e. The number of carbonyl (C=O) groups is 1. The number of nitrogens with zero attached hydrogens (tertiary/aromatic N) is 1. The summed E-state index contributed by atoms with van der Waals surface area (Å²) in [7, 11) is 0. The van der Waals surface area contributed by atoms with Crippen LogP contribution in [0.2, 0.25) is 0 Å². The highest BCUT2D eigenvalue weighted by molar-refractivity contribution is 6.02. The molecule has 0 spiro atoms. The number of benzene rings is 1. The maximum atomic E-state index is 13.9. The summed E-state index contributed by atoms with van der Waals surface area (Å²) in [6.07, 6.45) is 3.90. The first-order valence-electron chi connectivity index (χ1n) is 9.43. The van der Waals surface area contributed by atoms with Crippen LogP contribution < -0.4 is 5.73 Å². The van der Waals surface area contributed by atoms with E-state index >= 15 is 0 Å². The second-order valence-electron chi connectivity index (χ2n) is 8.22. The molecule has 0 saturated heterocycles. The van der Waals surface area contributed by atoms with Crippen LogP contribution in [-0.4, -0.2) is 10.5 Å². The number of rotatable bonds is 7. The van der Waals surface area contributed by atoms with Gasteiger partial charge in [-0.3, -0.25) is 4.79 Å². The molecule has 0 aliphatic heterocycles. The Morgan fingerprint density at radius 1 is 1.27 bits per heavy atom. The quantitative estimate of drug-likeness (QED) is 0.700. The molecule has 0 unspecified atom stereocenters. The first-order chi connectivity index (χ1) is 12.2. The van der Waals surface area contributed by atoms with E-state index in [0.29, 0.717) is 5.56 Å². The van der Waals surface area contributed by atoms with E-state index in [1.807, 2.05) is 13.0 Å². The molecule has 2 N–H and O–H groups in total. The van der Waals surface area contributed by atoms with Crippen LogP contribution in [0.3, 0.4) is 0 Å². The highest BCUT2D eigenvalue weighted by Crippen LogP contribution is 2.35. The molecule has 0 radical (unpaired) electrons. The standard InChI is InChI=1S/C22H31FN2O/c1-6-7-11-18-20(16-9-8-10-17(23)14-16)19(21(24)26)15(2)25(18)13-12-22(3,4)5/h8-10,14H,6-7,11-13H2,1-5H3,(H2,24,26). The highest BCUT2D eigenvalue weighted by Gasteiger charge is 2.25. The van der Waals surface area contributed by atoms with Gasteiger partial charge in [0.15, 0.2) is 0 Å². The normalized spacial score (nSPS) is 11.8. The second kappa shape index (κ2) is 8.07. The van der Waals surface area contributed by atoms with E-state index in [4.69, 9.17) is 5.73 Å². The topological polar surface area (TPSA) is 48.0 Å². The molecular weight excluding hydrogens is 327 g/mol. The third kappa shape index (κ3) is 4.54. The number of hydrogen-bond acceptors (Lipinski definition) is 1. The van der Waals surface area contributed by atoms with E-state index in [2.05, 4.69) is 32.3 Å². The molecule has 1 aromatic heterocycles. The van der Waals surface area contributed by atoms with Gasteiger partial charge < -0.3 is 10.3 Å². The van der Waals surface area contributed by atoms with Crippen molar-refractivity contribution in [2.75, 3.05) is 0 Å². The Kier molecular flexibility index (Phi) is 6.27. The van der Waals surface area contributed by atoms with Gasteiger partial charge >= 0.3 is 0 Å².